The number of carbonyl (C=O) groups is 2. The first-order valence-corrected chi connectivity index (χ1v) is 6.56. The third kappa shape index (κ3) is 4.03. The second-order valence-corrected chi connectivity index (χ2v) is 4.60. The summed E-state index contributed by atoms with van der Waals surface area (Å²) < 4.78 is 4.61. The van der Waals surface area contributed by atoms with Crippen LogP contribution in [0.2, 0.25) is 5.15 Å². The molecule has 6 heteroatoms. The molecule has 0 aliphatic heterocycles. The molecular formula is C15H13ClN2O3. The number of nitrogens with one attached hydrogen (secondary N) is 1. The monoisotopic (exact) mass is 304 g/mol. The molecule has 0 unspecified atom stereocenters. The fourth-order valence-electron chi connectivity index (χ4n) is 1.68. The van der Waals surface area contributed by atoms with Crippen LogP contribution in [-0.4, -0.2) is 24.0 Å². The van der Waals surface area contributed by atoms with Gasteiger partial charge in [0, 0.05) is 6.54 Å². The number of pyridine rings is 1. The van der Waals surface area contributed by atoms with Crippen LogP contribution in [0, 0.1) is 0 Å². The zero-order chi connectivity index (χ0) is 15.2. The SMILES string of the molecule is COC(=O)c1ccc(CNC(=O)c2cccc(Cl)n2)cc1. The van der Waals surface area contributed by atoms with Crippen LogP contribution in [0.5, 0.6) is 0 Å². The van der Waals surface area contributed by atoms with Crippen LogP contribution >= 0.6 is 11.6 Å². The third-order valence-electron chi connectivity index (χ3n) is 2.78. The molecule has 1 N–H and O–H groups in total. The molecule has 2 aromatic rings. The zero-order valence-electron chi connectivity index (χ0n) is 11.3. The highest BCUT2D eigenvalue weighted by atomic mass is 35.5. The maximum atomic E-state index is 11.9. The first kappa shape index (κ1) is 15.0. The van der Waals surface area contributed by atoms with Crippen LogP contribution in [0.4, 0.5) is 0 Å². The quantitative estimate of drug-likeness (QED) is 0.696. The maximum absolute atomic E-state index is 11.9. The number of ether oxygens (including phenoxy) is 1. The Labute approximate surface area is 126 Å². The average molecular weight is 305 g/mol. The number of rotatable bonds is 4. The molecule has 1 heterocycles. The first-order valence-electron chi connectivity index (χ1n) is 6.18. The molecule has 108 valence electrons. The predicted octanol–water partition coefficient (Wildman–Crippen LogP) is 2.45. The molecule has 21 heavy (non-hydrogen) atoms. The van der Waals surface area contributed by atoms with E-state index in [1.165, 1.54) is 7.11 Å². The normalized spacial score (nSPS) is 10.0. The van der Waals surface area contributed by atoms with Crippen LogP contribution in [0.15, 0.2) is 42.5 Å². The van der Waals surface area contributed by atoms with Crippen molar-refractivity contribution < 1.29 is 14.3 Å². The van der Waals surface area contributed by atoms with Crippen molar-refractivity contribution in [3.63, 3.8) is 0 Å². The molecule has 2 rings (SSSR count). The Morgan fingerprint density at radius 2 is 1.90 bits per heavy atom. The largest absolute Gasteiger partial charge is 0.465 e. The van der Waals surface area contributed by atoms with E-state index in [0.717, 1.165) is 5.56 Å². The number of aromatic nitrogens is 1. The summed E-state index contributed by atoms with van der Waals surface area (Å²) in [6.07, 6.45) is 0. The Morgan fingerprint density at radius 3 is 2.52 bits per heavy atom. The van der Waals surface area contributed by atoms with Crippen LogP contribution in [0.3, 0.4) is 0 Å². The Balaban J connectivity index is 1.97. The van der Waals surface area contributed by atoms with Gasteiger partial charge in [0.1, 0.15) is 10.8 Å². The number of methoxy groups -OCH3 is 1. The van der Waals surface area contributed by atoms with E-state index in [1.807, 2.05) is 0 Å². The van der Waals surface area contributed by atoms with Crippen molar-refractivity contribution in [2.24, 2.45) is 0 Å². The van der Waals surface area contributed by atoms with Gasteiger partial charge < -0.3 is 10.1 Å². The van der Waals surface area contributed by atoms with Crippen molar-refractivity contribution in [3.8, 4) is 0 Å². The van der Waals surface area contributed by atoms with Gasteiger partial charge in [-0.15, -0.1) is 0 Å². The smallest absolute Gasteiger partial charge is 0.337 e. The zero-order valence-corrected chi connectivity index (χ0v) is 12.1. The van der Waals surface area contributed by atoms with Gasteiger partial charge in [0.25, 0.3) is 5.91 Å². The fraction of sp³-hybridized carbons (Fsp3) is 0.133. The van der Waals surface area contributed by atoms with Gasteiger partial charge in [-0.05, 0) is 29.8 Å². The third-order valence-corrected chi connectivity index (χ3v) is 2.99. The predicted molar refractivity (Wildman–Crippen MR) is 78.2 cm³/mol. The number of hydrogen-bond donors (Lipinski definition) is 1. The molecule has 0 aliphatic rings. The Hall–Kier alpha value is -2.40. The van der Waals surface area contributed by atoms with Crippen molar-refractivity contribution in [1.82, 2.24) is 10.3 Å². The molecule has 5 nitrogen and oxygen atoms in total. The summed E-state index contributed by atoms with van der Waals surface area (Å²) >= 11 is 5.73. The van der Waals surface area contributed by atoms with Crippen molar-refractivity contribution >= 4 is 23.5 Å². The molecule has 0 fully saturated rings. The number of amides is 1. The summed E-state index contributed by atoms with van der Waals surface area (Å²) in [5.41, 5.74) is 1.58. The summed E-state index contributed by atoms with van der Waals surface area (Å²) in [4.78, 5) is 27.1. The van der Waals surface area contributed by atoms with Gasteiger partial charge in [-0.25, -0.2) is 9.78 Å². The minimum Gasteiger partial charge on any atom is -0.465 e. The van der Waals surface area contributed by atoms with E-state index < -0.39 is 5.97 Å². The van der Waals surface area contributed by atoms with Gasteiger partial charge >= 0.3 is 5.97 Å². The average Bonchev–Trinajstić information content (AvgIpc) is 2.52. The second kappa shape index (κ2) is 6.85. The van der Waals surface area contributed by atoms with Crippen LogP contribution in [0.1, 0.15) is 26.4 Å². The summed E-state index contributed by atoms with van der Waals surface area (Å²) in [7, 11) is 1.33. The highest BCUT2D eigenvalue weighted by Crippen LogP contribution is 2.07. The van der Waals surface area contributed by atoms with Crippen molar-refractivity contribution in [1.29, 1.82) is 0 Å². The van der Waals surface area contributed by atoms with E-state index in [2.05, 4.69) is 15.0 Å². The van der Waals surface area contributed by atoms with Gasteiger partial charge in [0.2, 0.25) is 0 Å². The lowest BCUT2D eigenvalue weighted by molar-refractivity contribution is 0.0600. The standard InChI is InChI=1S/C15H13ClN2O3/c1-21-15(20)11-7-5-10(6-8-11)9-17-14(19)12-3-2-4-13(16)18-12/h2-8H,9H2,1H3,(H,17,19). The van der Waals surface area contributed by atoms with E-state index in [-0.39, 0.29) is 16.8 Å². The second-order valence-electron chi connectivity index (χ2n) is 4.22. The van der Waals surface area contributed by atoms with Gasteiger partial charge in [-0.3, -0.25) is 4.79 Å². The lowest BCUT2D eigenvalue weighted by Crippen LogP contribution is -2.23. The maximum Gasteiger partial charge on any atom is 0.337 e. The van der Waals surface area contributed by atoms with Crippen molar-refractivity contribution in [2.75, 3.05) is 7.11 Å². The molecule has 0 aliphatic carbocycles. The number of benzene rings is 1. The van der Waals surface area contributed by atoms with Crippen LogP contribution in [0.25, 0.3) is 0 Å². The van der Waals surface area contributed by atoms with Gasteiger partial charge in [0.15, 0.2) is 0 Å². The molecule has 0 saturated carbocycles. The lowest BCUT2D eigenvalue weighted by atomic mass is 10.1. The van der Waals surface area contributed by atoms with Crippen LogP contribution in [-0.2, 0) is 11.3 Å². The topological polar surface area (TPSA) is 68.3 Å². The van der Waals surface area contributed by atoms with Crippen molar-refractivity contribution in [3.05, 3.63) is 64.4 Å². The summed E-state index contributed by atoms with van der Waals surface area (Å²) in [6, 6.07) is 11.6. The van der Waals surface area contributed by atoms with E-state index in [0.29, 0.717) is 12.1 Å². The minimum atomic E-state index is -0.395. The lowest BCUT2D eigenvalue weighted by Gasteiger charge is -2.06. The number of hydrogen-bond acceptors (Lipinski definition) is 4. The summed E-state index contributed by atoms with van der Waals surface area (Å²) in [5.74, 6) is -0.705. The Morgan fingerprint density at radius 1 is 1.19 bits per heavy atom. The van der Waals surface area contributed by atoms with Crippen molar-refractivity contribution in [2.45, 2.75) is 6.54 Å². The molecule has 1 aromatic carbocycles. The highest BCUT2D eigenvalue weighted by molar-refractivity contribution is 6.29. The minimum absolute atomic E-state index is 0.258. The number of esters is 1. The first-order chi connectivity index (χ1) is 10.1. The number of halogens is 1. The van der Waals surface area contributed by atoms with E-state index >= 15 is 0 Å². The fourth-order valence-corrected chi connectivity index (χ4v) is 1.85. The molecule has 0 radical (unpaired) electrons. The molecule has 0 bridgehead atoms. The number of nitrogens with zero attached hydrogens (tertiary/aromatic N) is 1. The Kier molecular flexibility index (Phi) is 4.90. The molecule has 0 spiro atoms. The molecular weight excluding hydrogens is 292 g/mol. The Bertz CT molecular complexity index is 656. The van der Waals surface area contributed by atoms with E-state index in [9.17, 15) is 9.59 Å². The van der Waals surface area contributed by atoms with Gasteiger partial charge in [-0.1, -0.05) is 29.8 Å². The summed E-state index contributed by atoms with van der Waals surface area (Å²) in [5, 5.41) is 3.00. The summed E-state index contributed by atoms with van der Waals surface area (Å²) in [6.45, 7) is 0.328. The van der Waals surface area contributed by atoms with E-state index in [1.54, 1.807) is 42.5 Å². The molecule has 1 amide bonds. The van der Waals surface area contributed by atoms with Gasteiger partial charge in [0.05, 0.1) is 12.7 Å². The molecule has 0 atom stereocenters. The van der Waals surface area contributed by atoms with E-state index in [4.69, 9.17) is 11.6 Å². The molecule has 0 saturated heterocycles. The van der Waals surface area contributed by atoms with Gasteiger partial charge in [-0.2, -0.15) is 0 Å². The highest BCUT2D eigenvalue weighted by Gasteiger charge is 2.08. The number of carbonyl (C=O) groups excluding carboxylic acids is 2. The molecule has 1 aromatic heterocycles. The van der Waals surface area contributed by atoms with Crippen LogP contribution < -0.4 is 5.32 Å².